The van der Waals surface area contributed by atoms with Crippen LogP contribution < -0.4 is 10.1 Å². The van der Waals surface area contributed by atoms with E-state index < -0.39 is 6.04 Å². The Bertz CT molecular complexity index is 1090. The van der Waals surface area contributed by atoms with Crippen LogP contribution in [0.3, 0.4) is 0 Å². The molecule has 2 heterocycles. The third kappa shape index (κ3) is 4.03. The van der Waals surface area contributed by atoms with Crippen LogP contribution in [0.5, 0.6) is 5.75 Å². The molecular weight excluding hydrogens is 400 g/mol. The fourth-order valence-electron chi connectivity index (χ4n) is 3.54. The van der Waals surface area contributed by atoms with Gasteiger partial charge in [0.25, 0.3) is 0 Å². The molecule has 30 heavy (non-hydrogen) atoms. The van der Waals surface area contributed by atoms with Gasteiger partial charge in [0.05, 0.1) is 25.7 Å². The van der Waals surface area contributed by atoms with Gasteiger partial charge >= 0.3 is 0 Å². The molecule has 1 saturated heterocycles. The maximum absolute atomic E-state index is 13.0. The second-order valence-electron chi connectivity index (χ2n) is 7.47. The molecular formula is C23H24N2O4S. The van der Waals surface area contributed by atoms with Crippen LogP contribution in [0.25, 0.3) is 11.0 Å². The number of anilines is 1. The van der Waals surface area contributed by atoms with Gasteiger partial charge in [0.2, 0.25) is 11.8 Å². The maximum atomic E-state index is 13.0. The van der Waals surface area contributed by atoms with Gasteiger partial charge in [-0.1, -0.05) is 0 Å². The molecule has 0 saturated carbocycles. The maximum Gasteiger partial charge on any atom is 0.248 e. The van der Waals surface area contributed by atoms with Gasteiger partial charge in [0.15, 0.2) is 0 Å². The summed E-state index contributed by atoms with van der Waals surface area (Å²) in [5, 5.41) is 3.86. The minimum Gasteiger partial charge on any atom is -0.497 e. The fraction of sp³-hybridized carbons (Fsp3) is 0.304. The molecule has 1 atom stereocenters. The first-order valence-corrected chi connectivity index (χ1v) is 10.9. The molecule has 2 aromatic carbocycles. The van der Waals surface area contributed by atoms with Crippen molar-refractivity contribution in [2.24, 2.45) is 0 Å². The standard InChI is InChI=1S/C23H24N2O4S/c1-14-8-19-16(11-29-21(19)9-15(14)2)10-22(26)25-13-30-12-20(25)23(27)24-17-4-6-18(28-3)7-5-17/h4-9,11,20H,10,12-13H2,1-3H3,(H,24,27). The molecule has 156 valence electrons. The number of aryl methyl sites for hydroxylation is 2. The monoisotopic (exact) mass is 424 g/mol. The zero-order chi connectivity index (χ0) is 21.3. The smallest absolute Gasteiger partial charge is 0.248 e. The van der Waals surface area contributed by atoms with E-state index in [-0.39, 0.29) is 18.2 Å². The van der Waals surface area contributed by atoms with Gasteiger partial charge in [0, 0.05) is 22.4 Å². The number of nitrogens with one attached hydrogen (secondary N) is 1. The van der Waals surface area contributed by atoms with Crippen LogP contribution in [0.15, 0.2) is 47.1 Å². The molecule has 1 aliphatic heterocycles. The summed E-state index contributed by atoms with van der Waals surface area (Å²) < 4.78 is 10.8. The van der Waals surface area contributed by atoms with Crippen LogP contribution in [-0.4, -0.2) is 41.5 Å². The highest BCUT2D eigenvalue weighted by Gasteiger charge is 2.35. The van der Waals surface area contributed by atoms with Crippen molar-refractivity contribution in [2.45, 2.75) is 26.3 Å². The normalized spacial score (nSPS) is 16.1. The summed E-state index contributed by atoms with van der Waals surface area (Å²) >= 11 is 1.59. The minimum absolute atomic E-state index is 0.0733. The SMILES string of the molecule is COc1ccc(NC(=O)C2CSCN2C(=O)Cc2coc3cc(C)c(C)cc23)cc1. The first kappa shape index (κ1) is 20.3. The van der Waals surface area contributed by atoms with Crippen LogP contribution in [0, 0.1) is 13.8 Å². The average molecular weight is 425 g/mol. The van der Waals surface area contributed by atoms with E-state index in [4.69, 9.17) is 9.15 Å². The van der Waals surface area contributed by atoms with Gasteiger partial charge < -0.3 is 19.4 Å². The van der Waals surface area contributed by atoms with Crippen LogP contribution in [-0.2, 0) is 16.0 Å². The Labute approximate surface area is 179 Å². The predicted octanol–water partition coefficient (Wildman–Crippen LogP) is 4.14. The lowest BCUT2D eigenvalue weighted by Crippen LogP contribution is -2.45. The summed E-state index contributed by atoms with van der Waals surface area (Å²) in [7, 11) is 1.60. The summed E-state index contributed by atoms with van der Waals surface area (Å²) in [4.78, 5) is 27.5. The Morgan fingerprint density at radius 2 is 1.93 bits per heavy atom. The lowest BCUT2D eigenvalue weighted by Gasteiger charge is -2.23. The predicted molar refractivity (Wildman–Crippen MR) is 119 cm³/mol. The van der Waals surface area contributed by atoms with Crippen molar-refractivity contribution in [3.8, 4) is 5.75 Å². The van der Waals surface area contributed by atoms with Crippen molar-refractivity contribution in [1.82, 2.24) is 4.90 Å². The van der Waals surface area contributed by atoms with Crippen molar-refractivity contribution in [1.29, 1.82) is 0 Å². The van der Waals surface area contributed by atoms with Gasteiger partial charge in [-0.25, -0.2) is 0 Å². The van der Waals surface area contributed by atoms with Crippen LogP contribution in [0.1, 0.15) is 16.7 Å². The number of hydrogen-bond donors (Lipinski definition) is 1. The largest absolute Gasteiger partial charge is 0.497 e. The average Bonchev–Trinajstić information content (AvgIpc) is 3.37. The Kier molecular flexibility index (Phi) is 5.72. The molecule has 7 heteroatoms. The number of carbonyl (C=O) groups excluding carboxylic acids is 2. The van der Waals surface area contributed by atoms with Gasteiger partial charge in [-0.15, -0.1) is 11.8 Å². The van der Waals surface area contributed by atoms with E-state index in [0.29, 0.717) is 17.3 Å². The lowest BCUT2D eigenvalue weighted by molar-refractivity contribution is -0.135. The molecule has 4 rings (SSSR count). The molecule has 1 N–H and O–H groups in total. The van der Waals surface area contributed by atoms with Gasteiger partial charge in [-0.2, -0.15) is 0 Å². The summed E-state index contributed by atoms with van der Waals surface area (Å²) in [6, 6.07) is 10.7. The molecule has 0 bridgehead atoms. The van der Waals surface area contributed by atoms with Crippen molar-refractivity contribution < 1.29 is 18.7 Å². The number of benzene rings is 2. The number of nitrogens with zero attached hydrogens (tertiary/aromatic N) is 1. The minimum atomic E-state index is -0.494. The highest BCUT2D eigenvalue weighted by molar-refractivity contribution is 7.99. The summed E-state index contributed by atoms with van der Waals surface area (Å²) in [6.45, 7) is 4.08. The highest BCUT2D eigenvalue weighted by atomic mass is 32.2. The number of furan rings is 1. The molecule has 1 unspecified atom stereocenters. The molecule has 0 spiro atoms. The number of methoxy groups -OCH3 is 1. The van der Waals surface area contributed by atoms with Crippen LogP contribution >= 0.6 is 11.8 Å². The van der Waals surface area contributed by atoms with E-state index in [0.717, 1.165) is 33.4 Å². The van der Waals surface area contributed by atoms with E-state index in [1.807, 2.05) is 19.9 Å². The number of hydrogen-bond acceptors (Lipinski definition) is 5. The van der Waals surface area contributed by atoms with Crippen molar-refractivity contribution >= 4 is 40.2 Å². The molecule has 1 fully saturated rings. The van der Waals surface area contributed by atoms with Crippen molar-refractivity contribution in [2.75, 3.05) is 24.1 Å². The first-order valence-electron chi connectivity index (χ1n) is 9.75. The molecule has 6 nitrogen and oxygen atoms in total. The van der Waals surface area contributed by atoms with E-state index in [2.05, 4.69) is 11.4 Å². The van der Waals surface area contributed by atoms with E-state index >= 15 is 0 Å². The number of thioether (sulfide) groups is 1. The Hall–Kier alpha value is -2.93. The Morgan fingerprint density at radius 3 is 2.67 bits per heavy atom. The first-order chi connectivity index (χ1) is 14.5. The molecule has 0 aliphatic carbocycles. The van der Waals surface area contributed by atoms with Gasteiger partial charge in [-0.05, 0) is 61.4 Å². The summed E-state index contributed by atoms with van der Waals surface area (Å²) in [5.41, 5.74) is 4.62. The van der Waals surface area contributed by atoms with E-state index in [9.17, 15) is 9.59 Å². The third-order valence-corrected chi connectivity index (χ3v) is 6.49. The van der Waals surface area contributed by atoms with E-state index in [1.54, 1.807) is 54.3 Å². The highest BCUT2D eigenvalue weighted by Crippen LogP contribution is 2.28. The molecule has 0 radical (unpaired) electrons. The number of carbonyl (C=O) groups is 2. The van der Waals surface area contributed by atoms with Crippen LogP contribution in [0.2, 0.25) is 0 Å². The third-order valence-electron chi connectivity index (χ3n) is 5.47. The van der Waals surface area contributed by atoms with E-state index in [1.165, 1.54) is 0 Å². The topological polar surface area (TPSA) is 71.8 Å². The number of rotatable bonds is 5. The summed E-state index contributed by atoms with van der Waals surface area (Å²) in [5.74, 6) is 1.56. The Balaban J connectivity index is 1.46. The second-order valence-corrected chi connectivity index (χ2v) is 8.47. The quantitative estimate of drug-likeness (QED) is 0.666. The number of ether oxygens (including phenoxy) is 1. The zero-order valence-corrected chi connectivity index (χ0v) is 18.0. The fourth-order valence-corrected chi connectivity index (χ4v) is 4.72. The van der Waals surface area contributed by atoms with Gasteiger partial charge in [0.1, 0.15) is 17.4 Å². The molecule has 3 aromatic rings. The number of amides is 2. The second kappa shape index (κ2) is 8.44. The number of fused-ring (bicyclic) bond motifs is 1. The lowest BCUT2D eigenvalue weighted by atomic mass is 10.0. The molecule has 1 aliphatic rings. The molecule has 1 aromatic heterocycles. The Morgan fingerprint density at radius 1 is 1.20 bits per heavy atom. The van der Waals surface area contributed by atoms with Gasteiger partial charge in [-0.3, -0.25) is 9.59 Å². The molecule has 2 amide bonds. The van der Waals surface area contributed by atoms with Crippen LogP contribution in [0.4, 0.5) is 5.69 Å². The van der Waals surface area contributed by atoms with Crippen molar-refractivity contribution in [3.63, 3.8) is 0 Å². The zero-order valence-electron chi connectivity index (χ0n) is 17.2. The summed E-state index contributed by atoms with van der Waals surface area (Å²) in [6.07, 6.45) is 1.86. The van der Waals surface area contributed by atoms with Crippen molar-refractivity contribution in [3.05, 3.63) is 59.4 Å².